The van der Waals surface area contributed by atoms with Gasteiger partial charge in [0.15, 0.2) is 0 Å². The van der Waals surface area contributed by atoms with Gasteiger partial charge in [-0.3, -0.25) is 0 Å². The molecule has 0 spiro atoms. The Morgan fingerprint density at radius 1 is 1.31 bits per heavy atom. The lowest BCUT2D eigenvalue weighted by Gasteiger charge is -2.04. The van der Waals surface area contributed by atoms with Crippen molar-refractivity contribution in [2.45, 2.75) is 30.8 Å². The van der Waals surface area contributed by atoms with Gasteiger partial charge < -0.3 is 5.11 Å². The van der Waals surface area contributed by atoms with Gasteiger partial charge in [0.2, 0.25) is 0 Å². The van der Waals surface area contributed by atoms with E-state index in [4.69, 9.17) is 5.11 Å². The molecule has 0 aliphatic carbocycles. The first-order chi connectivity index (χ1) is 6.22. The lowest BCUT2D eigenvalue weighted by atomic mass is 10.1. The van der Waals surface area contributed by atoms with Gasteiger partial charge in [0.1, 0.15) is 0 Å². The molecule has 1 atom stereocenters. The summed E-state index contributed by atoms with van der Waals surface area (Å²) in [5, 5.41) is 9.11. The number of aryl methyl sites for hydroxylation is 1. The second kappa shape index (κ2) is 5.30. The fourth-order valence-corrected chi connectivity index (χ4v) is 1.58. The summed E-state index contributed by atoms with van der Waals surface area (Å²) in [5.41, 5.74) is 1.30. The number of aliphatic hydroxyl groups is 1. The van der Waals surface area contributed by atoms with Gasteiger partial charge in [0.25, 0.3) is 0 Å². The Labute approximate surface area is 84.2 Å². The number of thioether (sulfide) groups is 1. The third-order valence-corrected chi connectivity index (χ3v) is 2.75. The summed E-state index contributed by atoms with van der Waals surface area (Å²) in [5.74, 6) is 0. The highest BCUT2D eigenvalue weighted by atomic mass is 32.2. The highest BCUT2D eigenvalue weighted by Crippen LogP contribution is 2.15. The van der Waals surface area contributed by atoms with Crippen LogP contribution in [0.4, 0.5) is 0 Å². The Kier molecular flexibility index (Phi) is 4.33. The van der Waals surface area contributed by atoms with Crippen molar-refractivity contribution in [3.8, 4) is 0 Å². The van der Waals surface area contributed by atoms with Crippen LogP contribution >= 0.6 is 11.8 Å². The average molecular weight is 196 g/mol. The van der Waals surface area contributed by atoms with Gasteiger partial charge in [0.05, 0.1) is 6.10 Å². The standard InChI is InChI=1S/C11H16OS/c1-9(12)3-4-10-5-7-11(13-2)8-6-10/h5-9,12H,3-4H2,1-2H3/t9-/m0/s1. The number of benzene rings is 1. The molecule has 0 unspecified atom stereocenters. The molecule has 0 saturated carbocycles. The van der Waals surface area contributed by atoms with Crippen molar-refractivity contribution < 1.29 is 5.11 Å². The van der Waals surface area contributed by atoms with Gasteiger partial charge >= 0.3 is 0 Å². The predicted molar refractivity (Wildman–Crippen MR) is 58.2 cm³/mol. The van der Waals surface area contributed by atoms with E-state index in [2.05, 4.69) is 30.5 Å². The Balaban J connectivity index is 2.49. The highest BCUT2D eigenvalue weighted by Gasteiger charge is 1.97. The maximum Gasteiger partial charge on any atom is 0.0515 e. The molecule has 1 aromatic carbocycles. The maximum absolute atomic E-state index is 9.11. The summed E-state index contributed by atoms with van der Waals surface area (Å²) >= 11 is 1.75. The molecular weight excluding hydrogens is 180 g/mol. The third-order valence-electron chi connectivity index (χ3n) is 2.01. The zero-order chi connectivity index (χ0) is 9.68. The smallest absolute Gasteiger partial charge is 0.0515 e. The summed E-state index contributed by atoms with van der Waals surface area (Å²) in [6.45, 7) is 1.83. The molecule has 13 heavy (non-hydrogen) atoms. The molecule has 0 amide bonds. The molecule has 0 aliphatic heterocycles. The summed E-state index contributed by atoms with van der Waals surface area (Å²) in [4.78, 5) is 1.29. The Morgan fingerprint density at radius 2 is 1.92 bits per heavy atom. The van der Waals surface area contributed by atoms with E-state index in [0.29, 0.717) is 0 Å². The van der Waals surface area contributed by atoms with Crippen molar-refractivity contribution in [2.75, 3.05) is 6.26 Å². The van der Waals surface area contributed by atoms with Crippen LogP contribution in [0.15, 0.2) is 29.2 Å². The molecule has 72 valence electrons. The van der Waals surface area contributed by atoms with E-state index in [0.717, 1.165) is 12.8 Å². The van der Waals surface area contributed by atoms with E-state index >= 15 is 0 Å². The Hall–Kier alpha value is -0.470. The summed E-state index contributed by atoms with van der Waals surface area (Å²) in [7, 11) is 0. The normalized spacial score (nSPS) is 12.8. The van der Waals surface area contributed by atoms with Crippen LogP contribution in [-0.2, 0) is 6.42 Å². The number of hydrogen-bond donors (Lipinski definition) is 1. The molecule has 0 saturated heterocycles. The van der Waals surface area contributed by atoms with Crippen LogP contribution in [0.25, 0.3) is 0 Å². The fourth-order valence-electron chi connectivity index (χ4n) is 1.17. The van der Waals surface area contributed by atoms with Gasteiger partial charge in [-0.15, -0.1) is 11.8 Å². The molecule has 0 heterocycles. The van der Waals surface area contributed by atoms with Gasteiger partial charge in [-0.05, 0) is 43.7 Å². The quantitative estimate of drug-likeness (QED) is 0.747. The molecule has 0 radical (unpaired) electrons. The first kappa shape index (κ1) is 10.6. The molecule has 1 rings (SSSR count). The number of hydrogen-bond acceptors (Lipinski definition) is 2. The van der Waals surface area contributed by atoms with Crippen molar-refractivity contribution >= 4 is 11.8 Å². The Bertz CT molecular complexity index is 241. The van der Waals surface area contributed by atoms with Crippen LogP contribution in [0.3, 0.4) is 0 Å². The monoisotopic (exact) mass is 196 g/mol. The highest BCUT2D eigenvalue weighted by molar-refractivity contribution is 7.98. The molecular formula is C11H16OS. The van der Waals surface area contributed by atoms with E-state index in [1.807, 2.05) is 6.92 Å². The van der Waals surface area contributed by atoms with Crippen molar-refractivity contribution in [2.24, 2.45) is 0 Å². The molecule has 0 fully saturated rings. The van der Waals surface area contributed by atoms with Crippen molar-refractivity contribution in [3.63, 3.8) is 0 Å². The fraction of sp³-hybridized carbons (Fsp3) is 0.455. The van der Waals surface area contributed by atoms with Crippen molar-refractivity contribution in [1.29, 1.82) is 0 Å². The Morgan fingerprint density at radius 3 is 2.38 bits per heavy atom. The first-order valence-electron chi connectivity index (χ1n) is 4.53. The second-order valence-corrected chi connectivity index (χ2v) is 4.12. The van der Waals surface area contributed by atoms with Gasteiger partial charge in [-0.25, -0.2) is 0 Å². The van der Waals surface area contributed by atoms with Crippen LogP contribution in [0.1, 0.15) is 18.9 Å². The minimum Gasteiger partial charge on any atom is -0.393 e. The summed E-state index contributed by atoms with van der Waals surface area (Å²) < 4.78 is 0. The van der Waals surface area contributed by atoms with Gasteiger partial charge in [-0.2, -0.15) is 0 Å². The molecule has 0 aliphatic rings. The lowest BCUT2D eigenvalue weighted by molar-refractivity contribution is 0.185. The number of rotatable bonds is 4. The topological polar surface area (TPSA) is 20.2 Å². The molecule has 0 bridgehead atoms. The molecule has 2 heteroatoms. The van der Waals surface area contributed by atoms with E-state index in [1.54, 1.807) is 11.8 Å². The number of aliphatic hydroxyl groups excluding tert-OH is 1. The van der Waals surface area contributed by atoms with E-state index in [1.165, 1.54) is 10.5 Å². The van der Waals surface area contributed by atoms with Gasteiger partial charge in [0, 0.05) is 4.90 Å². The van der Waals surface area contributed by atoms with Crippen molar-refractivity contribution in [3.05, 3.63) is 29.8 Å². The first-order valence-corrected chi connectivity index (χ1v) is 5.76. The van der Waals surface area contributed by atoms with Crippen LogP contribution < -0.4 is 0 Å². The van der Waals surface area contributed by atoms with E-state index in [9.17, 15) is 0 Å². The zero-order valence-corrected chi connectivity index (χ0v) is 8.97. The largest absolute Gasteiger partial charge is 0.393 e. The zero-order valence-electron chi connectivity index (χ0n) is 8.16. The maximum atomic E-state index is 9.11. The minimum atomic E-state index is -0.194. The van der Waals surface area contributed by atoms with Gasteiger partial charge in [-0.1, -0.05) is 12.1 Å². The van der Waals surface area contributed by atoms with Crippen molar-refractivity contribution in [1.82, 2.24) is 0 Å². The molecule has 1 aromatic rings. The SMILES string of the molecule is CSc1ccc(CC[C@H](C)O)cc1. The van der Waals surface area contributed by atoms with E-state index < -0.39 is 0 Å². The molecule has 1 nitrogen and oxygen atoms in total. The summed E-state index contributed by atoms with van der Waals surface area (Å²) in [6, 6.07) is 8.52. The van der Waals surface area contributed by atoms with Crippen LogP contribution in [0.5, 0.6) is 0 Å². The second-order valence-electron chi connectivity index (χ2n) is 3.24. The van der Waals surface area contributed by atoms with E-state index in [-0.39, 0.29) is 6.10 Å². The minimum absolute atomic E-state index is 0.194. The van der Waals surface area contributed by atoms with Crippen LogP contribution in [0, 0.1) is 0 Å². The van der Waals surface area contributed by atoms with Crippen LogP contribution in [-0.4, -0.2) is 17.5 Å². The van der Waals surface area contributed by atoms with Crippen LogP contribution in [0.2, 0.25) is 0 Å². The molecule has 1 N–H and O–H groups in total. The average Bonchev–Trinajstić information content (AvgIpc) is 2.15. The lowest BCUT2D eigenvalue weighted by Crippen LogP contribution is -2.01. The third kappa shape index (κ3) is 3.83. The molecule has 0 aromatic heterocycles. The summed E-state index contributed by atoms with van der Waals surface area (Å²) in [6.07, 6.45) is 3.69. The predicted octanol–water partition coefficient (Wildman–Crippen LogP) is 2.72.